The van der Waals surface area contributed by atoms with Gasteiger partial charge < -0.3 is 15.4 Å². The van der Waals surface area contributed by atoms with Crippen molar-refractivity contribution in [2.45, 2.75) is 32.2 Å². The van der Waals surface area contributed by atoms with E-state index >= 15 is 0 Å². The Hall–Kier alpha value is -1.32. The third-order valence-electron chi connectivity index (χ3n) is 3.99. The monoisotopic (exact) mass is 245 g/mol. The summed E-state index contributed by atoms with van der Waals surface area (Å²) in [6.45, 7) is 3.20. The lowest BCUT2D eigenvalue weighted by Gasteiger charge is -2.20. The number of aliphatic hydroxyl groups excluding tert-OH is 1. The molecule has 0 saturated heterocycles. The van der Waals surface area contributed by atoms with Crippen LogP contribution in [0.1, 0.15) is 35.7 Å². The van der Waals surface area contributed by atoms with Crippen molar-refractivity contribution in [3.63, 3.8) is 0 Å². The number of quaternary nitrogens is 1. The molecule has 1 heterocycles. The van der Waals surface area contributed by atoms with Crippen LogP contribution in [0.5, 0.6) is 0 Å². The molecule has 4 N–H and O–H groups in total. The van der Waals surface area contributed by atoms with Crippen LogP contribution in [-0.4, -0.2) is 23.2 Å². The molecule has 2 aromatic rings. The van der Waals surface area contributed by atoms with Crippen LogP contribution in [0.15, 0.2) is 18.2 Å². The number of rotatable bonds is 3. The second-order valence-corrected chi connectivity index (χ2v) is 5.31. The second kappa shape index (κ2) is 4.75. The summed E-state index contributed by atoms with van der Waals surface area (Å²) in [6, 6.07) is 7.13. The summed E-state index contributed by atoms with van der Waals surface area (Å²) in [5.74, 6) is 0. The first-order valence-electron chi connectivity index (χ1n) is 6.85. The Balaban J connectivity index is 2.04. The fourth-order valence-corrected chi connectivity index (χ4v) is 3.12. The Morgan fingerprint density at radius 3 is 3.17 bits per heavy atom. The Morgan fingerprint density at radius 1 is 1.44 bits per heavy atom. The zero-order chi connectivity index (χ0) is 12.5. The molecule has 0 amide bonds. The molecule has 0 saturated carbocycles. The maximum atomic E-state index is 8.98. The SMILES string of the molecule is Cc1ccc2[nH]c3c(c2c1)CCC[C@H]3[NH2+]CCO. The number of H-pyrrole nitrogens is 1. The van der Waals surface area contributed by atoms with Gasteiger partial charge in [-0.25, -0.2) is 0 Å². The fraction of sp³-hybridized carbons (Fsp3) is 0.467. The highest BCUT2D eigenvalue weighted by Gasteiger charge is 2.26. The molecule has 1 atom stereocenters. The number of aromatic amines is 1. The van der Waals surface area contributed by atoms with Crippen LogP contribution in [0.4, 0.5) is 0 Å². The lowest BCUT2D eigenvalue weighted by atomic mass is 9.91. The van der Waals surface area contributed by atoms with E-state index in [4.69, 9.17) is 5.11 Å². The van der Waals surface area contributed by atoms with Crippen LogP contribution in [0, 0.1) is 6.92 Å². The fourth-order valence-electron chi connectivity index (χ4n) is 3.12. The van der Waals surface area contributed by atoms with Crippen LogP contribution >= 0.6 is 0 Å². The molecule has 1 aliphatic rings. The van der Waals surface area contributed by atoms with Gasteiger partial charge in [-0.15, -0.1) is 0 Å². The van der Waals surface area contributed by atoms with Gasteiger partial charge in [0.15, 0.2) is 0 Å². The molecule has 0 fully saturated rings. The molecule has 1 aliphatic carbocycles. The molecule has 96 valence electrons. The van der Waals surface area contributed by atoms with Crippen LogP contribution in [-0.2, 0) is 6.42 Å². The number of aromatic nitrogens is 1. The van der Waals surface area contributed by atoms with Crippen molar-refractivity contribution in [3.8, 4) is 0 Å². The molecule has 3 nitrogen and oxygen atoms in total. The van der Waals surface area contributed by atoms with Crippen molar-refractivity contribution >= 4 is 10.9 Å². The van der Waals surface area contributed by atoms with Gasteiger partial charge in [-0.2, -0.15) is 0 Å². The van der Waals surface area contributed by atoms with Crippen LogP contribution < -0.4 is 5.32 Å². The molecule has 0 bridgehead atoms. The van der Waals surface area contributed by atoms with E-state index in [1.54, 1.807) is 0 Å². The Kier molecular flexibility index (Phi) is 3.10. The number of nitrogens with one attached hydrogen (secondary N) is 1. The molecular formula is C15H21N2O+. The van der Waals surface area contributed by atoms with Crippen LogP contribution in [0.2, 0.25) is 0 Å². The number of fused-ring (bicyclic) bond motifs is 3. The first-order chi connectivity index (χ1) is 8.79. The molecule has 0 aliphatic heterocycles. The number of hydrogen-bond donors (Lipinski definition) is 3. The minimum atomic E-state index is 0.255. The second-order valence-electron chi connectivity index (χ2n) is 5.31. The Bertz CT molecular complexity index is 559. The van der Waals surface area contributed by atoms with Gasteiger partial charge in [0.1, 0.15) is 6.04 Å². The summed E-state index contributed by atoms with van der Waals surface area (Å²) in [7, 11) is 0. The van der Waals surface area contributed by atoms with Gasteiger partial charge in [-0.3, -0.25) is 0 Å². The number of nitrogens with two attached hydrogens (primary N) is 1. The highest BCUT2D eigenvalue weighted by Crippen LogP contribution is 2.33. The van der Waals surface area contributed by atoms with Crippen molar-refractivity contribution in [2.24, 2.45) is 0 Å². The minimum absolute atomic E-state index is 0.255. The number of aliphatic hydroxyl groups is 1. The van der Waals surface area contributed by atoms with Gasteiger partial charge in [0.05, 0.1) is 18.8 Å². The van der Waals surface area contributed by atoms with E-state index in [2.05, 4.69) is 35.4 Å². The first-order valence-corrected chi connectivity index (χ1v) is 6.85. The Morgan fingerprint density at radius 2 is 2.33 bits per heavy atom. The lowest BCUT2D eigenvalue weighted by Crippen LogP contribution is -2.86. The average molecular weight is 245 g/mol. The zero-order valence-corrected chi connectivity index (χ0v) is 10.9. The quantitative estimate of drug-likeness (QED) is 0.752. The van der Waals surface area contributed by atoms with Crippen molar-refractivity contribution in [2.75, 3.05) is 13.2 Å². The van der Waals surface area contributed by atoms with Crippen molar-refractivity contribution in [3.05, 3.63) is 35.0 Å². The largest absolute Gasteiger partial charge is 0.391 e. The van der Waals surface area contributed by atoms with Crippen molar-refractivity contribution < 1.29 is 10.4 Å². The van der Waals surface area contributed by atoms with Gasteiger partial charge in [0.2, 0.25) is 0 Å². The number of aryl methyl sites for hydroxylation is 2. The highest BCUT2D eigenvalue weighted by molar-refractivity contribution is 5.85. The summed E-state index contributed by atoms with van der Waals surface area (Å²) >= 11 is 0. The first kappa shape index (κ1) is 11.8. The third kappa shape index (κ3) is 1.93. The van der Waals surface area contributed by atoms with Gasteiger partial charge in [0, 0.05) is 17.3 Å². The molecule has 18 heavy (non-hydrogen) atoms. The molecule has 1 aromatic heterocycles. The molecule has 0 unspecified atom stereocenters. The predicted octanol–water partition coefficient (Wildman–Crippen LogP) is 1.41. The molecular weight excluding hydrogens is 224 g/mol. The predicted molar refractivity (Wildman–Crippen MR) is 72.6 cm³/mol. The smallest absolute Gasteiger partial charge is 0.127 e. The summed E-state index contributed by atoms with van der Waals surface area (Å²) in [5, 5.41) is 12.6. The van der Waals surface area contributed by atoms with E-state index in [0.717, 1.165) is 6.54 Å². The maximum absolute atomic E-state index is 8.98. The standard InChI is InChI=1S/C15H20N2O/c1-10-5-6-13-12(9-10)11-3-2-4-14(15(11)17-13)16-7-8-18/h5-6,9,14,16-18H,2-4,7-8H2,1H3/p+1/t14-/m1/s1. The van der Waals surface area contributed by atoms with E-state index in [1.807, 2.05) is 0 Å². The summed E-state index contributed by atoms with van der Waals surface area (Å²) in [6.07, 6.45) is 3.64. The van der Waals surface area contributed by atoms with Gasteiger partial charge >= 0.3 is 0 Å². The highest BCUT2D eigenvalue weighted by atomic mass is 16.3. The zero-order valence-electron chi connectivity index (χ0n) is 10.9. The van der Waals surface area contributed by atoms with E-state index in [-0.39, 0.29) is 6.61 Å². The topological polar surface area (TPSA) is 52.6 Å². The lowest BCUT2D eigenvalue weighted by molar-refractivity contribution is -0.698. The summed E-state index contributed by atoms with van der Waals surface area (Å²) < 4.78 is 0. The minimum Gasteiger partial charge on any atom is -0.391 e. The molecule has 0 spiro atoms. The number of hydrogen-bond acceptors (Lipinski definition) is 1. The van der Waals surface area contributed by atoms with Crippen LogP contribution in [0.3, 0.4) is 0 Å². The molecule has 3 rings (SSSR count). The summed E-state index contributed by atoms with van der Waals surface area (Å²) in [5.41, 5.74) is 5.47. The molecule has 1 aromatic carbocycles. The van der Waals surface area contributed by atoms with E-state index in [1.165, 1.54) is 47.0 Å². The maximum Gasteiger partial charge on any atom is 0.127 e. The molecule has 3 heteroatoms. The van der Waals surface area contributed by atoms with Crippen molar-refractivity contribution in [1.29, 1.82) is 0 Å². The number of benzene rings is 1. The van der Waals surface area contributed by atoms with E-state index in [0.29, 0.717) is 6.04 Å². The van der Waals surface area contributed by atoms with E-state index < -0.39 is 0 Å². The third-order valence-corrected chi connectivity index (χ3v) is 3.99. The van der Waals surface area contributed by atoms with Gasteiger partial charge in [0.25, 0.3) is 0 Å². The Labute approximate surface area is 107 Å². The van der Waals surface area contributed by atoms with Crippen LogP contribution in [0.25, 0.3) is 10.9 Å². The van der Waals surface area contributed by atoms with Crippen molar-refractivity contribution in [1.82, 2.24) is 4.98 Å². The summed E-state index contributed by atoms with van der Waals surface area (Å²) in [4.78, 5) is 3.59. The van der Waals surface area contributed by atoms with Gasteiger partial charge in [-0.1, -0.05) is 11.6 Å². The normalized spacial score (nSPS) is 19.1. The van der Waals surface area contributed by atoms with Gasteiger partial charge in [-0.05, 0) is 37.5 Å². The van der Waals surface area contributed by atoms with E-state index in [9.17, 15) is 0 Å². The average Bonchev–Trinajstić information content (AvgIpc) is 2.75. The molecule has 0 radical (unpaired) electrons.